The molecule has 0 aromatic heterocycles. The van der Waals surface area contributed by atoms with E-state index in [1.807, 2.05) is 0 Å². The van der Waals surface area contributed by atoms with Gasteiger partial charge in [0.1, 0.15) is 11.4 Å². The SMILES string of the molecule is O=C1c2ccccc2C(=O)c2c([N+](=O)[O-])ccc(F)c21. The van der Waals surface area contributed by atoms with Gasteiger partial charge in [-0.15, -0.1) is 0 Å². The minimum Gasteiger partial charge on any atom is -0.288 e. The van der Waals surface area contributed by atoms with Gasteiger partial charge in [0.05, 0.1) is 10.5 Å². The Labute approximate surface area is 111 Å². The number of nitrogens with zero attached hydrogens (tertiary/aromatic N) is 1. The van der Waals surface area contributed by atoms with Crippen molar-refractivity contribution < 1.29 is 18.9 Å². The van der Waals surface area contributed by atoms with E-state index >= 15 is 0 Å². The molecule has 1 aliphatic carbocycles. The number of nitro groups is 1. The summed E-state index contributed by atoms with van der Waals surface area (Å²) in [6, 6.07) is 7.61. The molecule has 0 bridgehead atoms. The minimum atomic E-state index is -0.932. The molecule has 0 fully saturated rings. The molecule has 0 radical (unpaired) electrons. The standard InChI is InChI=1S/C14H6FNO4/c15-9-5-6-10(16(19)20)12-11(9)13(17)7-3-1-2-4-8(7)14(12)18/h1-6H. The van der Waals surface area contributed by atoms with Gasteiger partial charge in [-0.2, -0.15) is 0 Å². The van der Waals surface area contributed by atoms with Gasteiger partial charge in [-0.1, -0.05) is 24.3 Å². The third kappa shape index (κ3) is 1.48. The van der Waals surface area contributed by atoms with Crippen LogP contribution in [0.15, 0.2) is 36.4 Å². The van der Waals surface area contributed by atoms with E-state index in [0.29, 0.717) is 0 Å². The first-order valence-corrected chi connectivity index (χ1v) is 5.67. The maximum atomic E-state index is 13.8. The molecule has 5 nitrogen and oxygen atoms in total. The van der Waals surface area contributed by atoms with Crippen LogP contribution in [0.3, 0.4) is 0 Å². The van der Waals surface area contributed by atoms with Gasteiger partial charge in [-0.3, -0.25) is 19.7 Å². The fraction of sp³-hybridized carbons (Fsp3) is 0. The molecule has 2 aromatic rings. The van der Waals surface area contributed by atoms with Crippen molar-refractivity contribution in [1.29, 1.82) is 0 Å². The first-order chi connectivity index (χ1) is 9.52. The molecule has 2 aromatic carbocycles. The molecule has 0 heterocycles. The summed E-state index contributed by atoms with van der Waals surface area (Å²) in [6.45, 7) is 0. The predicted octanol–water partition coefficient (Wildman–Crippen LogP) is 2.51. The molecule has 0 atom stereocenters. The summed E-state index contributed by atoms with van der Waals surface area (Å²) in [6.07, 6.45) is 0. The first kappa shape index (κ1) is 12.2. The van der Waals surface area contributed by atoms with Crippen molar-refractivity contribution >= 4 is 17.3 Å². The molecule has 0 spiro atoms. The van der Waals surface area contributed by atoms with Crippen molar-refractivity contribution in [2.45, 2.75) is 0 Å². The Bertz CT molecular complexity index is 798. The lowest BCUT2D eigenvalue weighted by Gasteiger charge is -2.17. The highest BCUT2D eigenvalue weighted by molar-refractivity contribution is 6.29. The van der Waals surface area contributed by atoms with Crippen LogP contribution in [0, 0.1) is 15.9 Å². The fourth-order valence-corrected chi connectivity index (χ4v) is 2.32. The topological polar surface area (TPSA) is 77.3 Å². The van der Waals surface area contributed by atoms with E-state index in [1.54, 1.807) is 12.1 Å². The Morgan fingerprint density at radius 1 is 0.900 bits per heavy atom. The molecular weight excluding hydrogens is 265 g/mol. The Balaban J connectivity index is 2.41. The van der Waals surface area contributed by atoms with E-state index in [-0.39, 0.29) is 11.1 Å². The average Bonchev–Trinajstić information content (AvgIpc) is 2.44. The number of rotatable bonds is 1. The Hall–Kier alpha value is -2.89. The third-order valence-corrected chi connectivity index (χ3v) is 3.20. The fourth-order valence-electron chi connectivity index (χ4n) is 2.32. The lowest BCUT2D eigenvalue weighted by atomic mass is 9.83. The molecule has 20 heavy (non-hydrogen) atoms. The normalized spacial score (nSPS) is 12.8. The van der Waals surface area contributed by atoms with E-state index in [1.165, 1.54) is 12.1 Å². The number of hydrogen-bond acceptors (Lipinski definition) is 4. The van der Waals surface area contributed by atoms with Gasteiger partial charge >= 0.3 is 0 Å². The number of ketones is 2. The summed E-state index contributed by atoms with van der Waals surface area (Å²) in [7, 11) is 0. The summed E-state index contributed by atoms with van der Waals surface area (Å²) in [4.78, 5) is 34.7. The van der Waals surface area contributed by atoms with Crippen LogP contribution in [0.25, 0.3) is 0 Å². The largest absolute Gasteiger partial charge is 0.288 e. The lowest BCUT2D eigenvalue weighted by molar-refractivity contribution is -0.385. The van der Waals surface area contributed by atoms with E-state index in [4.69, 9.17) is 0 Å². The Kier molecular flexibility index (Phi) is 2.47. The number of nitro benzene ring substituents is 1. The number of fused-ring (bicyclic) bond motifs is 2. The van der Waals surface area contributed by atoms with Gasteiger partial charge < -0.3 is 0 Å². The van der Waals surface area contributed by atoms with Crippen LogP contribution in [0.5, 0.6) is 0 Å². The van der Waals surface area contributed by atoms with Crippen molar-refractivity contribution in [3.63, 3.8) is 0 Å². The number of hydrogen-bond donors (Lipinski definition) is 0. The van der Waals surface area contributed by atoms with Crippen LogP contribution >= 0.6 is 0 Å². The van der Waals surface area contributed by atoms with Crippen LogP contribution in [-0.4, -0.2) is 16.5 Å². The molecule has 0 aliphatic heterocycles. The highest BCUT2D eigenvalue weighted by Gasteiger charge is 2.37. The van der Waals surface area contributed by atoms with Crippen LogP contribution in [0.4, 0.5) is 10.1 Å². The summed E-state index contributed by atoms with van der Waals surface area (Å²) >= 11 is 0. The van der Waals surface area contributed by atoms with Gasteiger partial charge in [0.2, 0.25) is 5.78 Å². The van der Waals surface area contributed by atoms with Crippen LogP contribution in [-0.2, 0) is 0 Å². The molecular formula is C14H6FNO4. The summed E-state index contributed by atoms with van der Waals surface area (Å²) in [5.74, 6) is -2.35. The second-order valence-corrected chi connectivity index (χ2v) is 4.28. The lowest BCUT2D eigenvalue weighted by Crippen LogP contribution is -2.23. The number of benzene rings is 2. The van der Waals surface area contributed by atoms with E-state index in [0.717, 1.165) is 12.1 Å². The molecule has 3 rings (SSSR count). The molecule has 0 amide bonds. The number of carbonyl (C=O) groups excluding carboxylic acids is 2. The third-order valence-electron chi connectivity index (χ3n) is 3.20. The number of halogens is 1. The zero-order chi connectivity index (χ0) is 14.4. The molecule has 0 N–H and O–H groups in total. The van der Waals surface area contributed by atoms with Gasteiger partial charge in [0.25, 0.3) is 5.69 Å². The van der Waals surface area contributed by atoms with Crippen molar-refractivity contribution in [2.75, 3.05) is 0 Å². The molecule has 0 unspecified atom stereocenters. The second kappa shape index (κ2) is 4.06. The van der Waals surface area contributed by atoms with Crippen molar-refractivity contribution in [1.82, 2.24) is 0 Å². The molecule has 98 valence electrons. The zero-order valence-electron chi connectivity index (χ0n) is 9.92. The molecule has 6 heteroatoms. The Morgan fingerprint density at radius 3 is 2.00 bits per heavy atom. The zero-order valence-corrected chi connectivity index (χ0v) is 9.92. The predicted molar refractivity (Wildman–Crippen MR) is 66.4 cm³/mol. The van der Waals surface area contributed by atoms with Crippen LogP contribution < -0.4 is 0 Å². The summed E-state index contributed by atoms with van der Waals surface area (Å²) < 4.78 is 13.8. The number of carbonyl (C=O) groups is 2. The average molecular weight is 271 g/mol. The minimum absolute atomic E-state index is 0.0544. The highest BCUT2D eigenvalue weighted by atomic mass is 19.1. The van der Waals surface area contributed by atoms with Crippen LogP contribution in [0.1, 0.15) is 31.8 Å². The van der Waals surface area contributed by atoms with E-state index in [9.17, 15) is 24.1 Å². The molecule has 0 saturated carbocycles. The van der Waals surface area contributed by atoms with Crippen molar-refractivity contribution in [3.05, 3.63) is 74.6 Å². The van der Waals surface area contributed by atoms with Gasteiger partial charge in [-0.25, -0.2) is 4.39 Å². The van der Waals surface area contributed by atoms with Crippen LogP contribution in [0.2, 0.25) is 0 Å². The van der Waals surface area contributed by atoms with Gasteiger partial charge in [-0.05, 0) is 6.07 Å². The van der Waals surface area contributed by atoms with Crippen molar-refractivity contribution in [3.8, 4) is 0 Å². The maximum absolute atomic E-state index is 13.8. The second-order valence-electron chi connectivity index (χ2n) is 4.28. The van der Waals surface area contributed by atoms with E-state index < -0.39 is 39.1 Å². The molecule has 1 aliphatic rings. The van der Waals surface area contributed by atoms with Crippen molar-refractivity contribution in [2.24, 2.45) is 0 Å². The van der Waals surface area contributed by atoms with Gasteiger partial charge in [0.15, 0.2) is 5.78 Å². The summed E-state index contributed by atoms with van der Waals surface area (Å²) in [5, 5.41) is 11.0. The van der Waals surface area contributed by atoms with E-state index in [2.05, 4.69) is 0 Å². The van der Waals surface area contributed by atoms with Gasteiger partial charge in [0, 0.05) is 17.2 Å². The first-order valence-electron chi connectivity index (χ1n) is 5.67. The monoisotopic (exact) mass is 271 g/mol. The maximum Gasteiger partial charge on any atom is 0.281 e. The quantitative estimate of drug-likeness (QED) is 0.503. The highest BCUT2D eigenvalue weighted by Crippen LogP contribution is 2.34. The smallest absolute Gasteiger partial charge is 0.281 e. The Morgan fingerprint density at radius 2 is 1.45 bits per heavy atom. The molecule has 0 saturated heterocycles. The summed E-state index contributed by atoms with van der Waals surface area (Å²) in [5.41, 5.74) is -1.45.